The van der Waals surface area contributed by atoms with Crippen LogP contribution >= 0.6 is 0 Å². The summed E-state index contributed by atoms with van der Waals surface area (Å²) in [7, 11) is 0. The topological polar surface area (TPSA) is 45.6 Å². The van der Waals surface area contributed by atoms with Gasteiger partial charge in [0.1, 0.15) is 0 Å². The van der Waals surface area contributed by atoms with Crippen molar-refractivity contribution in [1.29, 1.82) is 5.41 Å². The van der Waals surface area contributed by atoms with Crippen LogP contribution < -0.4 is 9.47 Å². The van der Waals surface area contributed by atoms with E-state index in [2.05, 4.69) is 4.90 Å². The van der Waals surface area contributed by atoms with Crippen LogP contribution in [-0.2, 0) is 6.54 Å². The lowest BCUT2D eigenvalue weighted by molar-refractivity contribution is 0.174. The number of likely N-dealkylation sites (tertiary alicyclic amines) is 1. The number of nitrogens with zero attached hydrogens (tertiary/aromatic N) is 1. The van der Waals surface area contributed by atoms with Crippen molar-refractivity contribution in [2.75, 3.05) is 13.3 Å². The molecule has 0 aliphatic carbocycles. The first-order chi connectivity index (χ1) is 7.83. The van der Waals surface area contributed by atoms with Gasteiger partial charge in [0.25, 0.3) is 0 Å². The number of nitrogens with one attached hydrogen (secondary N) is 1. The summed E-state index contributed by atoms with van der Waals surface area (Å²) < 4.78 is 10.6. The number of rotatable bonds is 2. The van der Waals surface area contributed by atoms with Gasteiger partial charge in [-0.1, -0.05) is 6.07 Å². The smallest absolute Gasteiger partial charge is 0.231 e. The molecule has 16 heavy (non-hydrogen) atoms. The van der Waals surface area contributed by atoms with Crippen molar-refractivity contribution in [1.82, 2.24) is 4.90 Å². The van der Waals surface area contributed by atoms with Crippen molar-refractivity contribution in [3.05, 3.63) is 23.8 Å². The summed E-state index contributed by atoms with van der Waals surface area (Å²) in [6.07, 6.45) is 2.01. The molecule has 0 spiro atoms. The van der Waals surface area contributed by atoms with Gasteiger partial charge in [-0.25, -0.2) is 0 Å². The van der Waals surface area contributed by atoms with Gasteiger partial charge in [0.05, 0.1) is 5.84 Å². The molecule has 1 aromatic carbocycles. The van der Waals surface area contributed by atoms with Crippen molar-refractivity contribution >= 4 is 5.84 Å². The van der Waals surface area contributed by atoms with E-state index in [-0.39, 0.29) is 0 Å². The molecule has 0 unspecified atom stereocenters. The minimum atomic E-state index is 0.318. The SMILES string of the molecule is N=C1CCCN1Cc1ccc2c(c1)OCO2. The van der Waals surface area contributed by atoms with E-state index in [9.17, 15) is 0 Å². The Morgan fingerprint density at radius 3 is 2.94 bits per heavy atom. The van der Waals surface area contributed by atoms with Gasteiger partial charge in [-0.2, -0.15) is 0 Å². The van der Waals surface area contributed by atoms with Crippen LogP contribution in [0.1, 0.15) is 18.4 Å². The molecule has 2 aliphatic heterocycles. The fourth-order valence-corrected chi connectivity index (χ4v) is 2.16. The molecule has 1 N–H and O–H groups in total. The molecule has 0 saturated carbocycles. The van der Waals surface area contributed by atoms with E-state index >= 15 is 0 Å². The molecule has 1 saturated heterocycles. The number of ether oxygens (including phenoxy) is 2. The highest BCUT2D eigenvalue weighted by Gasteiger charge is 2.18. The fraction of sp³-hybridized carbons (Fsp3) is 0.417. The van der Waals surface area contributed by atoms with Crippen molar-refractivity contribution < 1.29 is 9.47 Å². The Morgan fingerprint density at radius 1 is 1.25 bits per heavy atom. The monoisotopic (exact) mass is 218 g/mol. The molecular formula is C12H14N2O2. The summed E-state index contributed by atoms with van der Waals surface area (Å²) in [6.45, 7) is 2.11. The van der Waals surface area contributed by atoms with Crippen LogP contribution in [0.5, 0.6) is 11.5 Å². The third-order valence-electron chi connectivity index (χ3n) is 3.03. The maximum atomic E-state index is 7.78. The van der Waals surface area contributed by atoms with Crippen LogP contribution in [0.2, 0.25) is 0 Å². The minimum absolute atomic E-state index is 0.318. The fourth-order valence-electron chi connectivity index (χ4n) is 2.16. The Hall–Kier alpha value is -1.71. The Labute approximate surface area is 94.3 Å². The molecule has 0 atom stereocenters. The molecular weight excluding hydrogens is 204 g/mol. The summed E-state index contributed by atoms with van der Waals surface area (Å²) >= 11 is 0. The second-order valence-corrected chi connectivity index (χ2v) is 4.16. The number of fused-ring (bicyclic) bond motifs is 1. The summed E-state index contributed by atoms with van der Waals surface area (Å²) in [5.41, 5.74) is 1.18. The van der Waals surface area contributed by atoms with Crippen LogP contribution in [-0.4, -0.2) is 24.1 Å². The second-order valence-electron chi connectivity index (χ2n) is 4.16. The van der Waals surface area contributed by atoms with Gasteiger partial charge >= 0.3 is 0 Å². The summed E-state index contributed by atoms with van der Waals surface area (Å²) in [5.74, 6) is 2.39. The number of hydrogen-bond donors (Lipinski definition) is 1. The van der Waals surface area contributed by atoms with Gasteiger partial charge in [-0.3, -0.25) is 5.41 Å². The van der Waals surface area contributed by atoms with Crippen molar-refractivity contribution in [2.24, 2.45) is 0 Å². The van der Waals surface area contributed by atoms with E-state index in [0.717, 1.165) is 43.3 Å². The van der Waals surface area contributed by atoms with Crippen LogP contribution in [0.4, 0.5) is 0 Å². The Balaban J connectivity index is 1.77. The zero-order valence-corrected chi connectivity index (χ0v) is 9.03. The molecule has 0 bridgehead atoms. The van der Waals surface area contributed by atoms with Crippen LogP contribution in [0.25, 0.3) is 0 Å². The van der Waals surface area contributed by atoms with Gasteiger partial charge in [0.15, 0.2) is 11.5 Å². The molecule has 3 rings (SSSR count). The molecule has 4 heteroatoms. The first-order valence-electron chi connectivity index (χ1n) is 5.54. The molecule has 84 valence electrons. The molecule has 1 aromatic rings. The normalized spacial score (nSPS) is 18.2. The number of benzene rings is 1. The van der Waals surface area contributed by atoms with E-state index < -0.39 is 0 Å². The van der Waals surface area contributed by atoms with Gasteiger partial charge in [0.2, 0.25) is 6.79 Å². The van der Waals surface area contributed by atoms with Crippen molar-refractivity contribution in [2.45, 2.75) is 19.4 Å². The zero-order valence-electron chi connectivity index (χ0n) is 9.03. The largest absolute Gasteiger partial charge is 0.454 e. The zero-order chi connectivity index (χ0) is 11.0. The lowest BCUT2D eigenvalue weighted by Gasteiger charge is -2.17. The maximum absolute atomic E-state index is 7.78. The lowest BCUT2D eigenvalue weighted by Crippen LogP contribution is -2.23. The summed E-state index contributed by atoms with van der Waals surface area (Å²) in [4.78, 5) is 2.11. The van der Waals surface area contributed by atoms with E-state index in [1.165, 1.54) is 5.56 Å². The lowest BCUT2D eigenvalue weighted by atomic mass is 10.2. The average Bonchev–Trinajstić information content (AvgIpc) is 2.88. The van der Waals surface area contributed by atoms with Crippen LogP contribution in [0.3, 0.4) is 0 Å². The summed E-state index contributed by atoms with van der Waals surface area (Å²) in [5, 5.41) is 7.78. The molecule has 2 aliphatic rings. The summed E-state index contributed by atoms with van der Waals surface area (Å²) in [6, 6.07) is 5.99. The van der Waals surface area contributed by atoms with E-state index in [4.69, 9.17) is 14.9 Å². The number of hydrogen-bond acceptors (Lipinski definition) is 3. The Bertz CT molecular complexity index is 431. The van der Waals surface area contributed by atoms with Crippen molar-refractivity contribution in [3.8, 4) is 11.5 Å². The molecule has 4 nitrogen and oxygen atoms in total. The van der Waals surface area contributed by atoms with Gasteiger partial charge in [0, 0.05) is 19.5 Å². The van der Waals surface area contributed by atoms with Gasteiger partial charge in [-0.05, 0) is 24.1 Å². The quantitative estimate of drug-likeness (QED) is 0.825. The second kappa shape index (κ2) is 3.70. The molecule has 0 amide bonds. The predicted octanol–water partition coefficient (Wildman–Crippen LogP) is 1.99. The Morgan fingerprint density at radius 2 is 2.12 bits per heavy atom. The maximum Gasteiger partial charge on any atom is 0.231 e. The molecule has 0 aromatic heterocycles. The highest BCUT2D eigenvalue weighted by Crippen LogP contribution is 2.33. The minimum Gasteiger partial charge on any atom is -0.454 e. The molecule has 2 heterocycles. The standard InChI is InChI=1S/C12H14N2O2/c13-12-2-1-5-14(12)7-9-3-4-10-11(6-9)16-8-15-10/h3-4,6,13H,1-2,5,7-8H2. The van der Waals surface area contributed by atoms with E-state index in [1.54, 1.807) is 0 Å². The average molecular weight is 218 g/mol. The Kier molecular flexibility index (Phi) is 2.20. The van der Waals surface area contributed by atoms with Crippen LogP contribution in [0, 0.1) is 5.41 Å². The highest BCUT2D eigenvalue weighted by molar-refractivity contribution is 5.80. The third-order valence-corrected chi connectivity index (χ3v) is 3.03. The van der Waals surface area contributed by atoms with Gasteiger partial charge in [-0.15, -0.1) is 0 Å². The first kappa shape index (κ1) is 9.51. The third kappa shape index (κ3) is 1.60. The predicted molar refractivity (Wildman–Crippen MR) is 59.9 cm³/mol. The highest BCUT2D eigenvalue weighted by atomic mass is 16.7. The molecule has 1 fully saturated rings. The van der Waals surface area contributed by atoms with E-state index in [0.29, 0.717) is 6.79 Å². The van der Waals surface area contributed by atoms with E-state index in [1.807, 2.05) is 18.2 Å². The van der Waals surface area contributed by atoms with Gasteiger partial charge < -0.3 is 14.4 Å². The molecule has 0 radical (unpaired) electrons. The van der Waals surface area contributed by atoms with Crippen LogP contribution in [0.15, 0.2) is 18.2 Å². The van der Waals surface area contributed by atoms with Crippen molar-refractivity contribution in [3.63, 3.8) is 0 Å². The first-order valence-corrected chi connectivity index (χ1v) is 5.54. The number of amidine groups is 1.